The average Bonchev–Trinajstić information content (AvgIpc) is 2.69. The first-order valence-electron chi connectivity index (χ1n) is 7.40. The van der Waals surface area contributed by atoms with Crippen molar-refractivity contribution < 1.29 is 0 Å². The Kier molecular flexibility index (Phi) is 3.02. The first-order valence-corrected chi connectivity index (χ1v) is 7.40. The van der Waals surface area contributed by atoms with Gasteiger partial charge in [0, 0.05) is 23.6 Å². The Morgan fingerprint density at radius 1 is 1.15 bits per heavy atom. The van der Waals surface area contributed by atoms with Gasteiger partial charge >= 0.3 is 0 Å². The van der Waals surface area contributed by atoms with Crippen LogP contribution < -0.4 is 5.73 Å². The van der Waals surface area contributed by atoms with Crippen molar-refractivity contribution in [2.24, 2.45) is 11.1 Å². The van der Waals surface area contributed by atoms with Crippen LogP contribution in [-0.2, 0) is 6.42 Å². The van der Waals surface area contributed by atoms with Gasteiger partial charge in [0.25, 0.3) is 0 Å². The molecule has 0 bridgehead atoms. The van der Waals surface area contributed by atoms with Crippen LogP contribution in [-0.4, -0.2) is 4.57 Å². The van der Waals surface area contributed by atoms with Crippen molar-refractivity contribution in [3.63, 3.8) is 0 Å². The average molecular weight is 268 g/mol. The normalized spacial score (nSPS) is 20.8. The highest BCUT2D eigenvalue weighted by atomic mass is 15.0. The molecule has 1 aliphatic carbocycles. The number of benzene rings is 1. The quantitative estimate of drug-likeness (QED) is 0.830. The summed E-state index contributed by atoms with van der Waals surface area (Å²) in [7, 11) is 0. The Bertz CT molecular complexity index is 629. The maximum Gasteiger partial charge on any atom is 0.0457 e. The molecular weight excluding hydrogens is 244 g/mol. The first kappa shape index (κ1) is 13.4. The summed E-state index contributed by atoms with van der Waals surface area (Å²) in [5.74, 6) is 0. The van der Waals surface area contributed by atoms with Crippen molar-refractivity contribution >= 4 is 0 Å². The van der Waals surface area contributed by atoms with Crippen molar-refractivity contribution in [3.8, 4) is 5.69 Å². The van der Waals surface area contributed by atoms with E-state index in [9.17, 15) is 0 Å². The monoisotopic (exact) mass is 268 g/mol. The number of hydrogen-bond acceptors (Lipinski definition) is 1. The highest BCUT2D eigenvalue weighted by Crippen LogP contribution is 2.40. The third-order valence-corrected chi connectivity index (χ3v) is 4.33. The lowest BCUT2D eigenvalue weighted by atomic mass is 9.74. The molecule has 3 rings (SSSR count). The second-order valence-corrected chi connectivity index (χ2v) is 7.09. The summed E-state index contributed by atoms with van der Waals surface area (Å²) in [6.07, 6.45) is 4.34. The molecule has 1 aromatic heterocycles. The second kappa shape index (κ2) is 4.49. The summed E-state index contributed by atoms with van der Waals surface area (Å²) in [5, 5.41) is 0. The molecule has 1 aromatic carbocycles. The molecule has 2 heteroatoms. The zero-order chi connectivity index (χ0) is 14.5. The number of nitrogens with zero attached hydrogens (tertiary/aromatic N) is 1. The Morgan fingerprint density at radius 3 is 2.45 bits per heavy atom. The smallest absolute Gasteiger partial charge is 0.0457 e. The molecule has 2 nitrogen and oxygen atoms in total. The van der Waals surface area contributed by atoms with E-state index in [-0.39, 0.29) is 11.5 Å². The summed E-state index contributed by atoms with van der Waals surface area (Å²) in [5.41, 5.74) is 13.2. The Morgan fingerprint density at radius 2 is 1.80 bits per heavy atom. The minimum Gasteiger partial charge on any atom is -0.324 e. The molecule has 2 N–H and O–H groups in total. The highest BCUT2D eigenvalue weighted by Gasteiger charge is 2.32. The van der Waals surface area contributed by atoms with Crippen LogP contribution >= 0.6 is 0 Å². The number of aromatic nitrogens is 1. The molecule has 1 aliphatic rings. The van der Waals surface area contributed by atoms with Gasteiger partial charge in [0.2, 0.25) is 0 Å². The fourth-order valence-electron chi connectivity index (χ4n) is 3.57. The van der Waals surface area contributed by atoms with E-state index in [0.29, 0.717) is 0 Å². The van der Waals surface area contributed by atoms with Crippen LogP contribution in [0.1, 0.15) is 48.7 Å². The molecule has 0 fully saturated rings. The molecule has 20 heavy (non-hydrogen) atoms. The van der Waals surface area contributed by atoms with Crippen LogP contribution in [0.15, 0.2) is 30.5 Å². The van der Waals surface area contributed by atoms with Gasteiger partial charge < -0.3 is 10.3 Å². The summed E-state index contributed by atoms with van der Waals surface area (Å²) in [6, 6.07) is 9.09. The number of rotatable bonds is 1. The molecule has 1 heterocycles. The van der Waals surface area contributed by atoms with Gasteiger partial charge in [-0.25, -0.2) is 0 Å². The van der Waals surface area contributed by atoms with Gasteiger partial charge in [0.1, 0.15) is 0 Å². The SMILES string of the molecule is Cc1cc(C)cc(-n2ccc3c2CC(C)(C)CC3N)c1. The topological polar surface area (TPSA) is 30.9 Å². The zero-order valence-corrected chi connectivity index (χ0v) is 12.9. The van der Waals surface area contributed by atoms with Gasteiger partial charge in [-0.2, -0.15) is 0 Å². The molecule has 0 saturated carbocycles. The number of nitrogens with two attached hydrogens (primary N) is 1. The van der Waals surface area contributed by atoms with Gasteiger partial charge in [-0.1, -0.05) is 19.9 Å². The predicted molar refractivity (Wildman–Crippen MR) is 84.3 cm³/mol. The molecule has 0 aliphatic heterocycles. The van der Waals surface area contributed by atoms with Crippen LogP contribution in [0.3, 0.4) is 0 Å². The largest absolute Gasteiger partial charge is 0.324 e. The molecule has 0 saturated heterocycles. The van der Waals surface area contributed by atoms with Crippen LogP contribution in [0.2, 0.25) is 0 Å². The fraction of sp³-hybridized carbons (Fsp3) is 0.444. The van der Waals surface area contributed by atoms with Crippen LogP contribution in [0.25, 0.3) is 5.69 Å². The maximum absolute atomic E-state index is 6.36. The van der Waals surface area contributed by atoms with E-state index >= 15 is 0 Å². The first-order chi connectivity index (χ1) is 9.35. The molecule has 2 aromatic rings. The predicted octanol–water partition coefficient (Wildman–Crippen LogP) is 4.07. The van der Waals surface area contributed by atoms with E-state index in [0.717, 1.165) is 12.8 Å². The standard InChI is InChI=1S/C18H24N2/c1-12-7-13(2)9-14(8-12)20-6-5-15-16(19)10-18(3,4)11-17(15)20/h5-9,16H,10-11,19H2,1-4H3. The van der Waals surface area contributed by atoms with E-state index in [2.05, 4.69) is 62.7 Å². The molecule has 1 unspecified atom stereocenters. The maximum atomic E-state index is 6.36. The lowest BCUT2D eigenvalue weighted by molar-refractivity contribution is 0.278. The fourth-order valence-corrected chi connectivity index (χ4v) is 3.57. The van der Waals surface area contributed by atoms with Crippen LogP contribution in [0, 0.1) is 19.3 Å². The van der Waals surface area contributed by atoms with Gasteiger partial charge in [-0.3, -0.25) is 0 Å². The summed E-state index contributed by atoms with van der Waals surface area (Å²) in [6.45, 7) is 8.94. The Labute approximate surface area is 121 Å². The molecule has 106 valence electrons. The third-order valence-electron chi connectivity index (χ3n) is 4.33. The lowest BCUT2D eigenvalue weighted by Gasteiger charge is -2.34. The number of aryl methyl sites for hydroxylation is 2. The van der Waals surface area contributed by atoms with Crippen molar-refractivity contribution in [3.05, 3.63) is 52.8 Å². The zero-order valence-electron chi connectivity index (χ0n) is 12.9. The van der Waals surface area contributed by atoms with Crippen molar-refractivity contribution in [1.29, 1.82) is 0 Å². The van der Waals surface area contributed by atoms with Crippen LogP contribution in [0.5, 0.6) is 0 Å². The van der Waals surface area contributed by atoms with Crippen molar-refractivity contribution in [1.82, 2.24) is 4.57 Å². The number of fused-ring (bicyclic) bond motifs is 1. The number of hydrogen-bond donors (Lipinski definition) is 1. The molecule has 0 radical (unpaired) electrons. The Balaban J connectivity index is 2.13. The summed E-state index contributed by atoms with van der Waals surface area (Å²) in [4.78, 5) is 0. The Hall–Kier alpha value is -1.54. The van der Waals surface area contributed by atoms with E-state index in [1.165, 1.54) is 28.1 Å². The molecule has 0 amide bonds. The van der Waals surface area contributed by atoms with Crippen molar-refractivity contribution in [2.75, 3.05) is 0 Å². The van der Waals surface area contributed by atoms with Gasteiger partial charge in [-0.15, -0.1) is 0 Å². The van der Waals surface area contributed by atoms with E-state index in [1.54, 1.807) is 0 Å². The van der Waals surface area contributed by atoms with Gasteiger partial charge in [0.15, 0.2) is 0 Å². The minimum atomic E-state index is 0.168. The van der Waals surface area contributed by atoms with E-state index in [4.69, 9.17) is 5.73 Å². The molecule has 0 spiro atoms. The highest BCUT2D eigenvalue weighted by molar-refractivity contribution is 5.44. The minimum absolute atomic E-state index is 0.168. The second-order valence-electron chi connectivity index (χ2n) is 7.09. The van der Waals surface area contributed by atoms with Gasteiger partial charge in [0.05, 0.1) is 0 Å². The lowest BCUT2D eigenvalue weighted by Crippen LogP contribution is -2.30. The third kappa shape index (κ3) is 2.29. The molecule has 1 atom stereocenters. The van der Waals surface area contributed by atoms with Gasteiger partial charge in [-0.05, 0) is 67.0 Å². The summed E-state index contributed by atoms with van der Waals surface area (Å²) < 4.78 is 2.33. The van der Waals surface area contributed by atoms with Crippen molar-refractivity contribution in [2.45, 2.75) is 46.6 Å². The molecular formula is C18H24N2. The van der Waals surface area contributed by atoms with E-state index < -0.39 is 0 Å². The summed E-state index contributed by atoms with van der Waals surface area (Å²) >= 11 is 0. The van der Waals surface area contributed by atoms with Crippen LogP contribution in [0.4, 0.5) is 0 Å². The van der Waals surface area contributed by atoms with E-state index in [1.807, 2.05) is 0 Å².